The molecule has 1 heterocycles. The van der Waals surface area contributed by atoms with Gasteiger partial charge in [-0.1, -0.05) is 0 Å². The van der Waals surface area contributed by atoms with Crippen molar-refractivity contribution in [1.29, 1.82) is 0 Å². The molecule has 0 aromatic carbocycles. The molecule has 4 heteroatoms. The number of amides is 1. The zero-order chi connectivity index (χ0) is 13.2. The molecule has 19 heavy (non-hydrogen) atoms. The molecule has 2 fully saturated rings. The normalized spacial score (nSPS) is 27.2. The summed E-state index contributed by atoms with van der Waals surface area (Å²) in [6, 6.07) is 4.39. The van der Waals surface area contributed by atoms with Gasteiger partial charge in [0, 0.05) is 18.8 Å². The smallest absolute Gasteiger partial charge is 0.267 e. The highest BCUT2D eigenvalue weighted by Gasteiger charge is 2.27. The molecule has 0 bridgehead atoms. The van der Waals surface area contributed by atoms with E-state index in [0.717, 1.165) is 37.9 Å². The van der Waals surface area contributed by atoms with Gasteiger partial charge in [-0.2, -0.15) is 0 Å². The third-order valence-corrected chi connectivity index (χ3v) is 4.32. The molecule has 2 saturated carbocycles. The van der Waals surface area contributed by atoms with E-state index in [4.69, 9.17) is 0 Å². The van der Waals surface area contributed by atoms with Gasteiger partial charge < -0.3 is 15.0 Å². The van der Waals surface area contributed by atoms with Crippen molar-refractivity contribution >= 4 is 5.91 Å². The molecule has 1 amide bonds. The summed E-state index contributed by atoms with van der Waals surface area (Å²) in [5.74, 6) is 0.569. The number of aliphatic hydroxyl groups excluding tert-OH is 1. The van der Waals surface area contributed by atoms with Crippen LogP contribution in [-0.4, -0.2) is 28.2 Å². The van der Waals surface area contributed by atoms with E-state index in [1.54, 1.807) is 0 Å². The molecule has 0 spiro atoms. The first kappa shape index (κ1) is 12.7. The lowest BCUT2D eigenvalue weighted by Crippen LogP contribution is -2.33. The van der Waals surface area contributed by atoms with Crippen LogP contribution in [0.3, 0.4) is 0 Å². The molecule has 104 valence electrons. The number of nitrogens with zero attached hydrogens (tertiary/aromatic N) is 1. The zero-order valence-electron chi connectivity index (χ0n) is 11.2. The molecule has 1 aromatic rings. The average Bonchev–Trinajstić information content (AvgIpc) is 3.15. The van der Waals surface area contributed by atoms with Gasteiger partial charge in [0.2, 0.25) is 0 Å². The van der Waals surface area contributed by atoms with Crippen molar-refractivity contribution in [2.45, 2.75) is 50.7 Å². The van der Waals surface area contributed by atoms with Crippen LogP contribution in [0.4, 0.5) is 0 Å². The molecule has 2 N–H and O–H groups in total. The third kappa shape index (κ3) is 3.00. The first-order valence-corrected chi connectivity index (χ1v) is 7.37. The lowest BCUT2D eigenvalue weighted by Gasteiger charge is -2.25. The maximum atomic E-state index is 12.2. The van der Waals surface area contributed by atoms with E-state index in [9.17, 15) is 9.90 Å². The minimum atomic E-state index is -0.126. The number of carbonyl (C=O) groups is 1. The molecule has 0 unspecified atom stereocenters. The van der Waals surface area contributed by atoms with Gasteiger partial charge in [0.1, 0.15) is 5.69 Å². The van der Waals surface area contributed by atoms with E-state index in [0.29, 0.717) is 12.0 Å². The third-order valence-electron chi connectivity index (χ3n) is 4.32. The number of hydrogen-bond donors (Lipinski definition) is 2. The quantitative estimate of drug-likeness (QED) is 0.873. The lowest BCUT2D eigenvalue weighted by atomic mass is 9.87. The SMILES string of the molecule is O=C(NCC1CCC(O)CC1)c1cccn1C1CC1. The Balaban J connectivity index is 1.52. The van der Waals surface area contributed by atoms with Gasteiger partial charge in [0.05, 0.1) is 6.10 Å². The van der Waals surface area contributed by atoms with E-state index in [1.807, 2.05) is 18.3 Å². The summed E-state index contributed by atoms with van der Waals surface area (Å²) in [5, 5.41) is 12.5. The fraction of sp³-hybridized carbons (Fsp3) is 0.667. The second-order valence-corrected chi connectivity index (χ2v) is 5.92. The molecular formula is C15H22N2O2. The van der Waals surface area contributed by atoms with Crippen LogP contribution >= 0.6 is 0 Å². The standard InChI is InChI=1S/C15H22N2O2/c18-13-7-3-11(4-8-13)10-16-15(19)14-2-1-9-17(14)12-5-6-12/h1-2,9,11-13,18H,3-8,10H2,(H,16,19). The highest BCUT2D eigenvalue weighted by Crippen LogP contribution is 2.36. The molecule has 0 aliphatic heterocycles. The maximum Gasteiger partial charge on any atom is 0.267 e. The van der Waals surface area contributed by atoms with E-state index in [1.165, 1.54) is 12.8 Å². The highest BCUT2D eigenvalue weighted by atomic mass is 16.3. The number of carbonyl (C=O) groups excluding carboxylic acids is 1. The van der Waals surface area contributed by atoms with Crippen LogP contribution in [0.1, 0.15) is 55.1 Å². The van der Waals surface area contributed by atoms with Crippen LogP contribution in [0.2, 0.25) is 0 Å². The summed E-state index contributed by atoms with van der Waals surface area (Å²) in [6.07, 6.45) is 8.04. The van der Waals surface area contributed by atoms with E-state index >= 15 is 0 Å². The van der Waals surface area contributed by atoms with Crippen molar-refractivity contribution in [3.63, 3.8) is 0 Å². The Morgan fingerprint density at radius 2 is 2.00 bits per heavy atom. The molecular weight excluding hydrogens is 240 g/mol. The van der Waals surface area contributed by atoms with Crippen molar-refractivity contribution in [3.8, 4) is 0 Å². The Bertz CT molecular complexity index is 443. The fourth-order valence-electron chi connectivity index (χ4n) is 2.93. The first-order chi connectivity index (χ1) is 9.24. The topological polar surface area (TPSA) is 54.3 Å². The minimum Gasteiger partial charge on any atom is -0.393 e. The van der Waals surface area contributed by atoms with Gasteiger partial charge in [-0.15, -0.1) is 0 Å². The molecule has 0 atom stereocenters. The molecule has 0 saturated heterocycles. The predicted molar refractivity (Wildman–Crippen MR) is 73.0 cm³/mol. The van der Waals surface area contributed by atoms with Gasteiger partial charge in [0.25, 0.3) is 5.91 Å². The van der Waals surface area contributed by atoms with Crippen LogP contribution in [-0.2, 0) is 0 Å². The van der Waals surface area contributed by atoms with Crippen molar-refractivity contribution in [1.82, 2.24) is 9.88 Å². The monoisotopic (exact) mass is 262 g/mol. The predicted octanol–water partition coefficient (Wildman–Crippen LogP) is 2.10. The van der Waals surface area contributed by atoms with Crippen LogP contribution in [0.15, 0.2) is 18.3 Å². The van der Waals surface area contributed by atoms with Gasteiger partial charge in [0.15, 0.2) is 0 Å². The van der Waals surface area contributed by atoms with E-state index in [2.05, 4.69) is 9.88 Å². The van der Waals surface area contributed by atoms with E-state index < -0.39 is 0 Å². The number of aromatic nitrogens is 1. The van der Waals surface area contributed by atoms with Crippen molar-refractivity contribution < 1.29 is 9.90 Å². The first-order valence-electron chi connectivity index (χ1n) is 7.37. The largest absolute Gasteiger partial charge is 0.393 e. The van der Waals surface area contributed by atoms with Crippen LogP contribution < -0.4 is 5.32 Å². The Morgan fingerprint density at radius 1 is 1.26 bits per heavy atom. The van der Waals surface area contributed by atoms with Gasteiger partial charge in [-0.3, -0.25) is 4.79 Å². The van der Waals surface area contributed by atoms with E-state index in [-0.39, 0.29) is 12.0 Å². The Morgan fingerprint density at radius 3 is 2.68 bits per heavy atom. The molecule has 2 aliphatic carbocycles. The second-order valence-electron chi connectivity index (χ2n) is 5.92. The summed E-state index contributed by atoms with van der Waals surface area (Å²) in [4.78, 5) is 12.2. The number of rotatable bonds is 4. The van der Waals surface area contributed by atoms with Crippen LogP contribution in [0.25, 0.3) is 0 Å². The molecule has 3 rings (SSSR count). The summed E-state index contributed by atoms with van der Waals surface area (Å²) in [7, 11) is 0. The summed E-state index contributed by atoms with van der Waals surface area (Å²) >= 11 is 0. The highest BCUT2D eigenvalue weighted by molar-refractivity contribution is 5.92. The number of nitrogens with one attached hydrogen (secondary N) is 1. The number of aliphatic hydroxyl groups is 1. The zero-order valence-corrected chi connectivity index (χ0v) is 11.2. The molecule has 4 nitrogen and oxygen atoms in total. The second kappa shape index (κ2) is 5.37. The Labute approximate surface area is 113 Å². The Hall–Kier alpha value is -1.29. The molecule has 1 aromatic heterocycles. The van der Waals surface area contributed by atoms with Crippen molar-refractivity contribution in [2.24, 2.45) is 5.92 Å². The van der Waals surface area contributed by atoms with Gasteiger partial charge >= 0.3 is 0 Å². The minimum absolute atomic E-state index is 0.0445. The van der Waals surface area contributed by atoms with Gasteiger partial charge in [-0.05, 0) is 56.6 Å². The summed E-state index contributed by atoms with van der Waals surface area (Å²) in [5.41, 5.74) is 0.790. The number of hydrogen-bond acceptors (Lipinski definition) is 2. The van der Waals surface area contributed by atoms with Gasteiger partial charge in [-0.25, -0.2) is 0 Å². The maximum absolute atomic E-state index is 12.2. The summed E-state index contributed by atoms with van der Waals surface area (Å²) < 4.78 is 2.10. The molecule has 0 radical (unpaired) electrons. The van der Waals surface area contributed by atoms with Crippen LogP contribution in [0.5, 0.6) is 0 Å². The molecule has 2 aliphatic rings. The average molecular weight is 262 g/mol. The Kier molecular flexibility index (Phi) is 3.60. The summed E-state index contributed by atoms with van der Waals surface area (Å²) in [6.45, 7) is 0.738. The van der Waals surface area contributed by atoms with Crippen LogP contribution in [0, 0.1) is 5.92 Å². The van der Waals surface area contributed by atoms with Crippen molar-refractivity contribution in [3.05, 3.63) is 24.0 Å². The van der Waals surface area contributed by atoms with Crippen molar-refractivity contribution in [2.75, 3.05) is 6.54 Å². The fourth-order valence-corrected chi connectivity index (χ4v) is 2.93. The lowest BCUT2D eigenvalue weighted by molar-refractivity contribution is 0.0902.